The molecule has 1 heterocycles. The lowest BCUT2D eigenvalue weighted by atomic mass is 10.0. The van der Waals surface area contributed by atoms with E-state index >= 15 is 0 Å². The first-order chi connectivity index (χ1) is 12.2. The molecule has 4 nitrogen and oxygen atoms in total. The third-order valence-electron chi connectivity index (χ3n) is 4.42. The average molecular weight is 332 g/mol. The summed E-state index contributed by atoms with van der Waals surface area (Å²) in [5.74, 6) is 0. The summed E-state index contributed by atoms with van der Waals surface area (Å²) < 4.78 is 0. The van der Waals surface area contributed by atoms with Crippen LogP contribution in [0.2, 0.25) is 0 Å². The van der Waals surface area contributed by atoms with Gasteiger partial charge in [0.2, 0.25) is 0 Å². The van der Waals surface area contributed by atoms with Crippen LogP contribution in [0.3, 0.4) is 0 Å². The maximum Gasteiger partial charge on any atom is 0.0858 e. The maximum atomic E-state index is 4.33. The van der Waals surface area contributed by atoms with Crippen molar-refractivity contribution in [1.82, 2.24) is 0 Å². The molecule has 0 atom stereocenters. The first-order valence-electron chi connectivity index (χ1n) is 8.69. The molecular weight excluding hydrogens is 308 g/mol. The van der Waals surface area contributed by atoms with Gasteiger partial charge in [-0.05, 0) is 50.3 Å². The van der Waals surface area contributed by atoms with Gasteiger partial charge in [0, 0.05) is 48.8 Å². The zero-order valence-electron chi connectivity index (χ0n) is 15.1. The summed E-state index contributed by atoms with van der Waals surface area (Å²) in [4.78, 5) is 4.42. The molecule has 25 heavy (non-hydrogen) atoms. The molecule has 4 heteroatoms. The van der Waals surface area contributed by atoms with Crippen molar-refractivity contribution in [3.05, 3.63) is 72.6 Å². The Kier molecular flexibility index (Phi) is 5.29. The van der Waals surface area contributed by atoms with Crippen LogP contribution in [0.1, 0.15) is 19.4 Å². The van der Waals surface area contributed by atoms with Crippen molar-refractivity contribution >= 4 is 22.6 Å². The third kappa shape index (κ3) is 3.79. The Labute approximate surface area is 149 Å². The van der Waals surface area contributed by atoms with Crippen LogP contribution in [0.25, 0.3) is 5.57 Å². The van der Waals surface area contributed by atoms with Crippen LogP contribution in [0, 0.1) is 0 Å². The van der Waals surface area contributed by atoms with E-state index in [9.17, 15) is 0 Å². The fourth-order valence-electron chi connectivity index (χ4n) is 2.98. The van der Waals surface area contributed by atoms with Crippen LogP contribution in [0.4, 0.5) is 17.1 Å². The van der Waals surface area contributed by atoms with Crippen molar-refractivity contribution < 1.29 is 0 Å². The largest absolute Gasteiger partial charge is 0.372 e. The number of hydrogen-bond donors (Lipinski definition) is 0. The summed E-state index contributed by atoms with van der Waals surface area (Å²) >= 11 is 0. The van der Waals surface area contributed by atoms with Crippen LogP contribution >= 0.6 is 0 Å². The Morgan fingerprint density at radius 1 is 1.00 bits per heavy atom. The second-order valence-electron chi connectivity index (χ2n) is 5.93. The number of hydrogen-bond acceptors (Lipinski definition) is 4. The predicted octanol–water partition coefficient (Wildman–Crippen LogP) is 5.62. The first kappa shape index (κ1) is 17.0. The van der Waals surface area contributed by atoms with Gasteiger partial charge in [-0.1, -0.05) is 18.2 Å². The van der Waals surface area contributed by atoms with Crippen LogP contribution in [-0.4, -0.2) is 20.1 Å². The Hall–Kier alpha value is -2.88. The molecule has 0 aliphatic carbocycles. The predicted molar refractivity (Wildman–Crippen MR) is 106 cm³/mol. The van der Waals surface area contributed by atoms with E-state index in [0.29, 0.717) is 0 Å². The van der Waals surface area contributed by atoms with Gasteiger partial charge in [-0.25, -0.2) is 0 Å². The molecule has 2 aromatic rings. The van der Waals surface area contributed by atoms with Crippen molar-refractivity contribution in [2.75, 3.05) is 29.9 Å². The average Bonchev–Trinajstić information content (AvgIpc) is 2.66. The van der Waals surface area contributed by atoms with Crippen molar-refractivity contribution in [3.8, 4) is 0 Å². The lowest BCUT2D eigenvalue weighted by Gasteiger charge is -2.23. The highest BCUT2D eigenvalue weighted by molar-refractivity contribution is 5.85. The van der Waals surface area contributed by atoms with E-state index in [2.05, 4.69) is 64.2 Å². The van der Waals surface area contributed by atoms with Crippen molar-refractivity contribution in [1.29, 1.82) is 0 Å². The molecule has 0 amide bonds. The van der Waals surface area contributed by atoms with Crippen LogP contribution < -0.4 is 9.80 Å². The fraction of sp³-hybridized carbons (Fsp3) is 0.238. The number of allylic oxidation sites excluding steroid dienone is 2. The van der Waals surface area contributed by atoms with Gasteiger partial charge in [-0.2, -0.15) is 10.2 Å². The molecule has 128 valence electrons. The van der Waals surface area contributed by atoms with Gasteiger partial charge in [0.15, 0.2) is 0 Å². The Balaban J connectivity index is 1.77. The molecule has 0 fully saturated rings. The van der Waals surface area contributed by atoms with Gasteiger partial charge < -0.3 is 9.80 Å². The molecule has 1 aliphatic rings. The molecule has 3 rings (SSSR count). The van der Waals surface area contributed by atoms with Crippen molar-refractivity contribution in [2.24, 2.45) is 10.2 Å². The molecule has 1 aliphatic heterocycles. The number of fused-ring (bicyclic) bond motifs is 1. The van der Waals surface area contributed by atoms with Gasteiger partial charge in [-0.15, -0.1) is 0 Å². The number of anilines is 2. The molecule has 0 N–H and O–H groups in total. The molecule has 0 spiro atoms. The highest BCUT2D eigenvalue weighted by Crippen LogP contribution is 2.31. The highest BCUT2D eigenvalue weighted by Gasteiger charge is 2.12. The molecule has 0 saturated carbocycles. The van der Waals surface area contributed by atoms with Crippen LogP contribution in [-0.2, 0) is 0 Å². The van der Waals surface area contributed by atoms with E-state index in [4.69, 9.17) is 0 Å². The quantitative estimate of drug-likeness (QED) is 0.665. The van der Waals surface area contributed by atoms with Gasteiger partial charge >= 0.3 is 0 Å². The normalized spacial score (nSPS) is 15.0. The van der Waals surface area contributed by atoms with Crippen molar-refractivity contribution in [2.45, 2.75) is 13.8 Å². The number of para-hydroxylation sites is 1. The minimum absolute atomic E-state index is 0.859. The zero-order chi connectivity index (χ0) is 17.6. The molecule has 0 unspecified atom stereocenters. The Bertz CT molecular complexity index is 799. The highest BCUT2D eigenvalue weighted by atomic mass is 15.1. The van der Waals surface area contributed by atoms with E-state index < -0.39 is 0 Å². The number of rotatable bonds is 5. The third-order valence-corrected chi connectivity index (χ3v) is 4.42. The Morgan fingerprint density at radius 2 is 1.72 bits per heavy atom. The molecule has 2 aromatic carbocycles. The summed E-state index contributed by atoms with van der Waals surface area (Å²) in [7, 11) is 2.05. The monoisotopic (exact) mass is 332 g/mol. The summed E-state index contributed by atoms with van der Waals surface area (Å²) in [5, 5.41) is 8.61. The van der Waals surface area contributed by atoms with E-state index in [1.54, 1.807) is 0 Å². The van der Waals surface area contributed by atoms with E-state index in [0.717, 1.165) is 24.4 Å². The second kappa shape index (κ2) is 7.79. The van der Waals surface area contributed by atoms with E-state index in [-0.39, 0.29) is 0 Å². The number of benzene rings is 2. The maximum absolute atomic E-state index is 4.33. The second-order valence-corrected chi connectivity index (χ2v) is 5.93. The summed E-state index contributed by atoms with van der Waals surface area (Å²) in [5.41, 5.74) is 5.49. The standard InChI is InChI=1S/C21H24N4/c1-4-25(5-2)19-12-10-18(11-13-19)23-22-16-17-14-15-24(3)21-9-7-6-8-20(17)21/h6-16H,4-5H2,1-3H3/b17-16+,23-22?. The first-order valence-corrected chi connectivity index (χ1v) is 8.69. The zero-order valence-corrected chi connectivity index (χ0v) is 15.1. The van der Waals surface area contributed by atoms with Crippen LogP contribution in [0.5, 0.6) is 0 Å². The SMILES string of the molecule is CCN(CC)c1ccc(N=N/C=C2\C=CN(C)c3ccccc32)cc1. The molecule has 0 saturated heterocycles. The lowest BCUT2D eigenvalue weighted by molar-refractivity contribution is 0.866. The minimum atomic E-state index is 0.859. The molecule has 0 radical (unpaired) electrons. The van der Waals surface area contributed by atoms with E-state index in [1.165, 1.54) is 16.9 Å². The Morgan fingerprint density at radius 3 is 2.44 bits per heavy atom. The van der Waals surface area contributed by atoms with E-state index in [1.807, 2.05) is 43.7 Å². The number of nitrogens with zero attached hydrogens (tertiary/aromatic N) is 4. The lowest BCUT2D eigenvalue weighted by Crippen LogP contribution is -2.21. The van der Waals surface area contributed by atoms with Gasteiger partial charge in [0.1, 0.15) is 0 Å². The summed E-state index contributed by atoms with van der Waals surface area (Å²) in [6, 6.07) is 16.5. The summed E-state index contributed by atoms with van der Waals surface area (Å²) in [6.07, 6.45) is 5.92. The molecular formula is C21H24N4. The fourth-order valence-corrected chi connectivity index (χ4v) is 2.98. The minimum Gasteiger partial charge on any atom is -0.372 e. The summed E-state index contributed by atoms with van der Waals surface area (Å²) in [6.45, 7) is 6.33. The van der Waals surface area contributed by atoms with Crippen LogP contribution in [0.15, 0.2) is 77.2 Å². The van der Waals surface area contributed by atoms with Gasteiger partial charge in [0.25, 0.3) is 0 Å². The molecule has 0 bridgehead atoms. The topological polar surface area (TPSA) is 31.2 Å². The van der Waals surface area contributed by atoms with Crippen molar-refractivity contribution in [3.63, 3.8) is 0 Å². The van der Waals surface area contributed by atoms with Gasteiger partial charge in [0.05, 0.1) is 11.9 Å². The number of azo groups is 1. The smallest absolute Gasteiger partial charge is 0.0858 e. The molecule has 0 aromatic heterocycles. The van der Waals surface area contributed by atoms with Gasteiger partial charge in [-0.3, -0.25) is 0 Å².